The fraction of sp³-hybridized carbons (Fsp3) is 0.542. The largest absolute Gasteiger partial charge is 0.372 e. The van der Waals surface area contributed by atoms with Crippen LogP contribution in [0.15, 0.2) is 36.8 Å². The van der Waals surface area contributed by atoms with Crippen molar-refractivity contribution < 1.29 is 9.18 Å². The molecule has 0 aliphatic carbocycles. The maximum Gasteiger partial charge on any atom is 0.226 e. The molecule has 3 aliphatic heterocycles. The molecule has 1 amide bonds. The van der Waals surface area contributed by atoms with Crippen molar-refractivity contribution in [2.75, 3.05) is 38.1 Å². The number of amides is 1. The number of halogens is 1. The van der Waals surface area contributed by atoms with E-state index >= 15 is 0 Å². The smallest absolute Gasteiger partial charge is 0.226 e. The van der Waals surface area contributed by atoms with Crippen LogP contribution in [0.25, 0.3) is 0 Å². The number of carbonyl (C=O) groups is 1. The molecule has 5 rings (SSSR count). The molecule has 1 aromatic heterocycles. The minimum atomic E-state index is -0.476. The van der Waals surface area contributed by atoms with E-state index < -0.39 is 11.9 Å². The van der Waals surface area contributed by atoms with E-state index in [1.54, 1.807) is 4.90 Å². The maximum absolute atomic E-state index is 14.3. The molecule has 3 unspecified atom stereocenters. The average molecular weight is 439 g/mol. The van der Waals surface area contributed by atoms with Gasteiger partial charge >= 0.3 is 0 Å². The van der Waals surface area contributed by atoms with Crippen LogP contribution in [0.5, 0.6) is 0 Å². The second-order valence-corrected chi connectivity index (χ2v) is 9.18. The van der Waals surface area contributed by atoms with E-state index in [0.29, 0.717) is 5.92 Å². The lowest BCUT2D eigenvalue weighted by Crippen LogP contribution is -2.63. The summed E-state index contributed by atoms with van der Waals surface area (Å²) in [4.78, 5) is 27.1. The van der Waals surface area contributed by atoms with Crippen molar-refractivity contribution in [2.24, 2.45) is 0 Å². The summed E-state index contributed by atoms with van der Waals surface area (Å²) in [5.41, 5.74) is 2.92. The van der Waals surface area contributed by atoms with Crippen LogP contribution in [-0.4, -0.2) is 65.2 Å². The summed E-state index contributed by atoms with van der Waals surface area (Å²) in [5.74, 6) is -0.0672. The van der Waals surface area contributed by atoms with E-state index in [9.17, 15) is 9.18 Å². The first-order valence-corrected chi connectivity index (χ1v) is 11.7. The number of aromatic nitrogens is 2. The van der Waals surface area contributed by atoms with E-state index in [1.165, 1.54) is 30.4 Å². The maximum atomic E-state index is 14.3. The fourth-order valence-electron chi connectivity index (χ4n) is 5.34. The van der Waals surface area contributed by atoms with Gasteiger partial charge < -0.3 is 9.80 Å². The van der Waals surface area contributed by atoms with Crippen molar-refractivity contribution in [3.63, 3.8) is 0 Å². The molecule has 170 valence electrons. The Kier molecular flexibility index (Phi) is 6.06. The van der Waals surface area contributed by atoms with Gasteiger partial charge in [-0.3, -0.25) is 15.0 Å². The van der Waals surface area contributed by atoms with Crippen molar-refractivity contribution in [3.05, 3.63) is 53.9 Å². The number of piperidine rings is 1. The predicted octanol–water partition coefficient (Wildman–Crippen LogP) is 2.87. The Morgan fingerprint density at radius 1 is 1.09 bits per heavy atom. The molecule has 0 radical (unpaired) electrons. The van der Waals surface area contributed by atoms with Gasteiger partial charge in [0.25, 0.3) is 0 Å². The Bertz CT molecular complexity index is 948. The normalized spacial score (nSPS) is 27.2. The summed E-state index contributed by atoms with van der Waals surface area (Å²) in [6.45, 7) is 4.06. The molecule has 0 bridgehead atoms. The SMILES string of the molecule is CN1C(=O)CC(c2ncncc2F)NC1N1CCCC(c2ccc(N3CCCC3)cc2)C1. The third kappa shape index (κ3) is 4.21. The first-order chi connectivity index (χ1) is 15.6. The van der Waals surface area contributed by atoms with Gasteiger partial charge in [-0.05, 0) is 49.3 Å². The lowest BCUT2D eigenvalue weighted by molar-refractivity contribution is -0.144. The number of carbonyl (C=O) groups excluding carboxylic acids is 1. The van der Waals surface area contributed by atoms with E-state index in [1.807, 2.05) is 7.05 Å². The Labute approximate surface area is 188 Å². The first kappa shape index (κ1) is 21.3. The number of rotatable bonds is 4. The molecule has 3 fully saturated rings. The highest BCUT2D eigenvalue weighted by Gasteiger charge is 2.38. The van der Waals surface area contributed by atoms with E-state index in [0.717, 1.165) is 45.2 Å². The Hall–Kier alpha value is -2.58. The zero-order valence-corrected chi connectivity index (χ0v) is 18.6. The summed E-state index contributed by atoms with van der Waals surface area (Å²) in [5, 5.41) is 3.47. The van der Waals surface area contributed by atoms with E-state index in [4.69, 9.17) is 0 Å². The summed E-state index contributed by atoms with van der Waals surface area (Å²) in [6.07, 6.45) is 7.16. The molecule has 0 spiro atoms. The number of nitrogens with zero attached hydrogens (tertiary/aromatic N) is 5. The molecule has 1 N–H and O–H groups in total. The van der Waals surface area contributed by atoms with Gasteiger partial charge in [0.2, 0.25) is 5.91 Å². The van der Waals surface area contributed by atoms with Crippen LogP contribution in [0.2, 0.25) is 0 Å². The minimum absolute atomic E-state index is 0.00569. The Morgan fingerprint density at radius 3 is 2.62 bits per heavy atom. The van der Waals surface area contributed by atoms with Crippen LogP contribution in [0.3, 0.4) is 0 Å². The van der Waals surface area contributed by atoms with Crippen LogP contribution in [0, 0.1) is 5.82 Å². The summed E-state index contributed by atoms with van der Waals surface area (Å²) < 4.78 is 14.3. The summed E-state index contributed by atoms with van der Waals surface area (Å²) in [6, 6.07) is 8.59. The number of hydrogen-bond donors (Lipinski definition) is 1. The van der Waals surface area contributed by atoms with Gasteiger partial charge in [0.1, 0.15) is 12.6 Å². The van der Waals surface area contributed by atoms with Gasteiger partial charge in [-0.1, -0.05) is 12.1 Å². The topological polar surface area (TPSA) is 64.6 Å². The summed E-state index contributed by atoms with van der Waals surface area (Å²) >= 11 is 0. The van der Waals surface area contributed by atoms with Gasteiger partial charge in [0.15, 0.2) is 5.82 Å². The highest BCUT2D eigenvalue weighted by Crippen LogP contribution is 2.32. The number of nitrogens with one attached hydrogen (secondary N) is 1. The predicted molar refractivity (Wildman–Crippen MR) is 120 cm³/mol. The van der Waals surface area contributed by atoms with Gasteiger partial charge in [0, 0.05) is 45.3 Å². The molecule has 3 atom stereocenters. The molecule has 3 saturated heterocycles. The van der Waals surface area contributed by atoms with Crippen molar-refractivity contribution >= 4 is 11.6 Å². The molecular weight excluding hydrogens is 407 g/mol. The average Bonchev–Trinajstić information content (AvgIpc) is 3.36. The molecule has 0 saturated carbocycles. The van der Waals surface area contributed by atoms with Crippen molar-refractivity contribution in [3.8, 4) is 0 Å². The zero-order chi connectivity index (χ0) is 22.1. The molecule has 4 heterocycles. The monoisotopic (exact) mass is 438 g/mol. The van der Waals surface area contributed by atoms with E-state index in [2.05, 4.69) is 49.4 Å². The second-order valence-electron chi connectivity index (χ2n) is 9.18. The van der Waals surface area contributed by atoms with Crippen molar-refractivity contribution in [2.45, 2.75) is 50.4 Å². The third-order valence-electron chi connectivity index (χ3n) is 7.15. The zero-order valence-electron chi connectivity index (χ0n) is 18.6. The number of anilines is 1. The van der Waals surface area contributed by atoms with Gasteiger partial charge in [-0.2, -0.15) is 0 Å². The number of hydrogen-bond acceptors (Lipinski definition) is 6. The third-order valence-corrected chi connectivity index (χ3v) is 7.15. The molecule has 3 aliphatic rings. The molecule has 7 nitrogen and oxygen atoms in total. The molecule has 32 heavy (non-hydrogen) atoms. The van der Waals surface area contributed by atoms with E-state index in [-0.39, 0.29) is 24.3 Å². The molecular formula is C24H31FN6O. The standard InChI is InChI=1S/C24H31FN6O/c1-29-22(32)13-21(23-20(25)14-26-16-27-23)28-24(29)31-12-4-5-18(15-31)17-6-8-19(9-7-17)30-10-2-3-11-30/h6-9,14,16,18,21,24,28H,2-5,10-13,15H2,1H3. The van der Waals surface area contributed by atoms with Crippen molar-refractivity contribution in [1.82, 2.24) is 25.1 Å². The Balaban J connectivity index is 1.30. The lowest BCUT2D eigenvalue weighted by Gasteiger charge is -2.46. The summed E-state index contributed by atoms with van der Waals surface area (Å²) in [7, 11) is 1.82. The highest BCUT2D eigenvalue weighted by molar-refractivity contribution is 5.77. The van der Waals surface area contributed by atoms with Gasteiger partial charge in [0.05, 0.1) is 17.9 Å². The minimum Gasteiger partial charge on any atom is -0.372 e. The van der Waals surface area contributed by atoms with Crippen LogP contribution >= 0.6 is 0 Å². The van der Waals surface area contributed by atoms with Crippen LogP contribution < -0.4 is 10.2 Å². The van der Waals surface area contributed by atoms with Crippen LogP contribution in [0.4, 0.5) is 10.1 Å². The quantitative estimate of drug-likeness (QED) is 0.792. The first-order valence-electron chi connectivity index (χ1n) is 11.7. The van der Waals surface area contributed by atoms with Gasteiger partial charge in [-0.25, -0.2) is 14.4 Å². The molecule has 2 aromatic rings. The molecule has 1 aromatic carbocycles. The lowest BCUT2D eigenvalue weighted by atomic mass is 9.90. The van der Waals surface area contributed by atoms with Gasteiger partial charge in [-0.15, -0.1) is 0 Å². The highest BCUT2D eigenvalue weighted by atomic mass is 19.1. The van der Waals surface area contributed by atoms with Crippen LogP contribution in [-0.2, 0) is 4.79 Å². The Morgan fingerprint density at radius 2 is 1.88 bits per heavy atom. The second kappa shape index (κ2) is 9.11. The fourth-order valence-corrected chi connectivity index (χ4v) is 5.34. The van der Waals surface area contributed by atoms with Crippen LogP contribution in [0.1, 0.15) is 55.3 Å². The number of benzene rings is 1. The number of likely N-dealkylation sites (tertiary alicyclic amines) is 1. The molecule has 8 heteroatoms. The van der Waals surface area contributed by atoms with Crippen molar-refractivity contribution in [1.29, 1.82) is 0 Å².